The fourth-order valence-corrected chi connectivity index (χ4v) is 3.71. The van der Waals surface area contributed by atoms with Crippen molar-refractivity contribution in [2.45, 2.75) is 0 Å². The predicted octanol–water partition coefficient (Wildman–Crippen LogP) is 4.28. The first-order chi connectivity index (χ1) is 13.6. The quantitative estimate of drug-likeness (QED) is 0.586. The lowest BCUT2D eigenvalue weighted by Gasteiger charge is -2.09. The van der Waals surface area contributed by atoms with Crippen molar-refractivity contribution < 1.29 is 13.9 Å². The molecule has 1 aromatic heterocycles. The molecule has 0 atom stereocenters. The van der Waals surface area contributed by atoms with E-state index in [1.54, 1.807) is 6.07 Å². The molecule has 0 radical (unpaired) electrons. The van der Waals surface area contributed by atoms with Gasteiger partial charge < -0.3 is 15.4 Å². The molecule has 0 aliphatic rings. The minimum atomic E-state index is -0.576. The molecule has 0 saturated carbocycles. The Kier molecular flexibility index (Phi) is 6.25. The number of methoxy groups -OCH3 is 1. The highest BCUT2D eigenvalue weighted by Gasteiger charge is 2.17. The molecule has 142 valence electrons. The first-order valence-corrected chi connectivity index (χ1v) is 9.39. The summed E-state index contributed by atoms with van der Waals surface area (Å²) in [5, 5.41) is 14.8. The number of carbonyl (C=O) groups is 1. The van der Waals surface area contributed by atoms with Crippen LogP contribution < -0.4 is 15.4 Å². The Morgan fingerprint density at radius 1 is 1.18 bits per heavy atom. The topological polar surface area (TPSA) is 74.2 Å². The summed E-state index contributed by atoms with van der Waals surface area (Å²) in [5.74, 6) is -0.301. The van der Waals surface area contributed by atoms with Gasteiger partial charge >= 0.3 is 0 Å². The van der Waals surface area contributed by atoms with Crippen LogP contribution in [-0.2, 0) is 0 Å². The monoisotopic (exact) mass is 395 g/mol. The van der Waals surface area contributed by atoms with Crippen molar-refractivity contribution >= 4 is 22.9 Å². The maximum atomic E-state index is 13.6. The zero-order valence-corrected chi connectivity index (χ0v) is 16.0. The van der Waals surface area contributed by atoms with E-state index in [1.165, 1.54) is 30.6 Å². The highest BCUT2D eigenvalue weighted by molar-refractivity contribution is 7.17. The summed E-state index contributed by atoms with van der Waals surface area (Å²) in [6.45, 7) is 0.658. The molecule has 0 fully saturated rings. The molecule has 2 N–H and O–H groups in total. The van der Waals surface area contributed by atoms with Crippen LogP contribution in [0.3, 0.4) is 0 Å². The summed E-state index contributed by atoms with van der Waals surface area (Å²) in [6.07, 6.45) is 0. The molecule has 1 heterocycles. The van der Waals surface area contributed by atoms with Crippen molar-refractivity contribution in [1.82, 2.24) is 5.32 Å². The van der Waals surface area contributed by atoms with Gasteiger partial charge in [0.1, 0.15) is 28.1 Å². The van der Waals surface area contributed by atoms with E-state index in [2.05, 4.69) is 10.6 Å². The molecule has 7 heteroatoms. The van der Waals surface area contributed by atoms with Crippen molar-refractivity contribution in [3.63, 3.8) is 0 Å². The fraction of sp³-hybridized carbons (Fsp3) is 0.143. The lowest BCUT2D eigenvalue weighted by Crippen LogP contribution is -2.28. The Labute approximate surface area is 166 Å². The number of amides is 1. The van der Waals surface area contributed by atoms with Crippen LogP contribution in [0.4, 0.5) is 10.1 Å². The van der Waals surface area contributed by atoms with Crippen LogP contribution >= 0.6 is 11.3 Å². The fourth-order valence-electron chi connectivity index (χ4n) is 2.67. The summed E-state index contributed by atoms with van der Waals surface area (Å²) in [5.41, 5.74) is 1.37. The van der Waals surface area contributed by atoms with Gasteiger partial charge in [0.25, 0.3) is 5.91 Å². The van der Waals surface area contributed by atoms with E-state index in [0.29, 0.717) is 29.4 Å². The number of hydrogen-bond acceptors (Lipinski definition) is 5. The Balaban J connectivity index is 1.62. The van der Waals surface area contributed by atoms with E-state index in [9.17, 15) is 9.18 Å². The summed E-state index contributed by atoms with van der Waals surface area (Å²) >= 11 is 1.36. The first-order valence-electron chi connectivity index (χ1n) is 8.58. The first kappa shape index (κ1) is 19.4. The number of anilines is 1. The minimum Gasteiger partial charge on any atom is -0.495 e. The number of nitriles is 1. The van der Waals surface area contributed by atoms with Crippen molar-refractivity contribution in [2.24, 2.45) is 0 Å². The molecule has 5 nitrogen and oxygen atoms in total. The Bertz CT molecular complexity index is 1010. The van der Waals surface area contributed by atoms with Gasteiger partial charge in [0.15, 0.2) is 0 Å². The largest absolute Gasteiger partial charge is 0.495 e. The van der Waals surface area contributed by atoms with Gasteiger partial charge in [-0.1, -0.05) is 36.4 Å². The van der Waals surface area contributed by atoms with Gasteiger partial charge in [-0.05, 0) is 23.8 Å². The second-order valence-electron chi connectivity index (χ2n) is 5.83. The molecule has 3 rings (SSSR count). The van der Waals surface area contributed by atoms with Gasteiger partial charge in [-0.3, -0.25) is 4.79 Å². The smallest absolute Gasteiger partial charge is 0.265 e. The minimum absolute atomic E-state index is 0.0405. The molecule has 28 heavy (non-hydrogen) atoms. The van der Waals surface area contributed by atoms with Crippen LogP contribution in [-0.4, -0.2) is 26.1 Å². The van der Waals surface area contributed by atoms with Crippen LogP contribution in [0.15, 0.2) is 54.6 Å². The Morgan fingerprint density at radius 2 is 1.96 bits per heavy atom. The maximum absolute atomic E-state index is 13.6. The van der Waals surface area contributed by atoms with E-state index in [0.717, 1.165) is 10.4 Å². The van der Waals surface area contributed by atoms with Crippen LogP contribution in [0.2, 0.25) is 0 Å². The van der Waals surface area contributed by atoms with Crippen molar-refractivity contribution in [2.75, 3.05) is 25.5 Å². The van der Waals surface area contributed by atoms with Crippen LogP contribution in [0, 0.1) is 17.1 Å². The average Bonchev–Trinajstić information content (AvgIpc) is 3.16. The number of hydrogen-bond donors (Lipinski definition) is 2. The number of carbonyl (C=O) groups excluding carboxylic acids is 1. The number of nitrogens with zero attached hydrogens (tertiary/aromatic N) is 1. The number of thiophene rings is 1. The average molecular weight is 395 g/mol. The highest BCUT2D eigenvalue weighted by Crippen LogP contribution is 2.36. The van der Waals surface area contributed by atoms with Crippen molar-refractivity contribution in [3.8, 4) is 22.3 Å². The standard InChI is InChI=1S/C21H18FN3O2S/c1-27-18-12-19(14-6-3-2-4-7-14)28-20(18)21(26)25-11-10-24-17-9-5-8-16(22)15(17)13-23/h2-9,12,24H,10-11H2,1H3,(H,25,26). The molecular formula is C21H18FN3O2S. The van der Waals surface area contributed by atoms with Crippen LogP contribution in [0.5, 0.6) is 5.75 Å². The lowest BCUT2D eigenvalue weighted by molar-refractivity contribution is 0.0956. The van der Waals surface area contributed by atoms with Crippen molar-refractivity contribution in [1.29, 1.82) is 5.26 Å². The Morgan fingerprint density at radius 3 is 2.68 bits per heavy atom. The summed E-state index contributed by atoms with van der Waals surface area (Å²) in [6, 6.07) is 17.8. The SMILES string of the molecule is COc1cc(-c2ccccc2)sc1C(=O)NCCNc1cccc(F)c1C#N. The van der Waals surface area contributed by atoms with Gasteiger partial charge in [0, 0.05) is 18.0 Å². The van der Waals surface area contributed by atoms with E-state index < -0.39 is 5.82 Å². The molecule has 3 aromatic rings. The molecule has 1 amide bonds. The van der Waals surface area contributed by atoms with E-state index in [-0.39, 0.29) is 11.5 Å². The third kappa shape index (κ3) is 4.30. The maximum Gasteiger partial charge on any atom is 0.265 e. The molecule has 2 aromatic carbocycles. The number of halogens is 1. The third-order valence-corrected chi connectivity index (χ3v) is 5.20. The lowest BCUT2D eigenvalue weighted by atomic mass is 10.2. The molecule has 0 saturated heterocycles. The Hall–Kier alpha value is -3.37. The molecule has 0 aliphatic carbocycles. The molecule has 0 unspecified atom stereocenters. The number of benzene rings is 2. The molecule has 0 aliphatic heterocycles. The molecule has 0 bridgehead atoms. The number of ether oxygens (including phenoxy) is 1. The highest BCUT2D eigenvalue weighted by atomic mass is 32.1. The number of nitrogens with one attached hydrogen (secondary N) is 2. The van der Waals surface area contributed by atoms with Crippen LogP contribution in [0.25, 0.3) is 10.4 Å². The second-order valence-corrected chi connectivity index (χ2v) is 6.88. The second kappa shape index (κ2) is 9.02. The van der Waals surface area contributed by atoms with Crippen molar-refractivity contribution in [3.05, 3.63) is 70.9 Å². The van der Waals surface area contributed by atoms with Crippen LogP contribution in [0.1, 0.15) is 15.2 Å². The van der Waals surface area contributed by atoms with Gasteiger partial charge in [-0.25, -0.2) is 4.39 Å². The predicted molar refractivity (Wildman–Crippen MR) is 108 cm³/mol. The number of rotatable bonds is 7. The third-order valence-electron chi connectivity index (χ3n) is 4.03. The summed E-state index contributed by atoms with van der Waals surface area (Å²) in [4.78, 5) is 14.0. The van der Waals surface area contributed by atoms with Gasteiger partial charge in [0.2, 0.25) is 0 Å². The van der Waals surface area contributed by atoms with Gasteiger partial charge in [-0.2, -0.15) is 5.26 Å². The van der Waals surface area contributed by atoms with Gasteiger partial charge in [0.05, 0.1) is 12.8 Å². The molecular weight excluding hydrogens is 377 g/mol. The zero-order chi connectivity index (χ0) is 19.9. The van der Waals surface area contributed by atoms with Gasteiger partial charge in [-0.15, -0.1) is 11.3 Å². The normalized spacial score (nSPS) is 10.2. The van der Waals surface area contributed by atoms with E-state index in [4.69, 9.17) is 10.00 Å². The molecule has 0 spiro atoms. The summed E-state index contributed by atoms with van der Waals surface area (Å²) < 4.78 is 18.9. The zero-order valence-electron chi connectivity index (χ0n) is 15.2. The van der Waals surface area contributed by atoms with E-state index in [1.807, 2.05) is 42.5 Å². The summed E-state index contributed by atoms with van der Waals surface area (Å²) in [7, 11) is 1.53. The van der Waals surface area contributed by atoms with E-state index >= 15 is 0 Å².